The zero-order valence-electron chi connectivity index (χ0n) is 15.1. The van der Waals surface area contributed by atoms with Gasteiger partial charge in [0.05, 0.1) is 20.8 Å². The second-order valence-electron chi connectivity index (χ2n) is 6.31. The topological polar surface area (TPSA) is 41.9 Å². The highest BCUT2D eigenvalue weighted by atomic mass is 32.1. The summed E-state index contributed by atoms with van der Waals surface area (Å²) in [4.78, 5) is 6.08. The smallest absolute Gasteiger partial charge is 0.201 e. The van der Waals surface area contributed by atoms with Gasteiger partial charge in [0.25, 0.3) is 0 Å². The Morgan fingerprint density at radius 3 is 2.46 bits per heavy atom. The van der Waals surface area contributed by atoms with Crippen LogP contribution in [0, 0.1) is 0 Å². The van der Waals surface area contributed by atoms with Gasteiger partial charge in [0.2, 0.25) is 5.36 Å². The van der Waals surface area contributed by atoms with E-state index >= 15 is 0 Å². The van der Waals surface area contributed by atoms with Crippen LogP contribution in [0.3, 0.4) is 0 Å². The molecule has 130 valence electrons. The van der Waals surface area contributed by atoms with Gasteiger partial charge < -0.3 is 5.73 Å². The van der Waals surface area contributed by atoms with Crippen molar-refractivity contribution in [2.75, 3.05) is 18.8 Å². The van der Waals surface area contributed by atoms with Gasteiger partial charge in [0.15, 0.2) is 0 Å². The molecule has 1 aliphatic carbocycles. The molecule has 2 aromatic carbocycles. The number of benzene rings is 3. The van der Waals surface area contributed by atoms with E-state index in [4.69, 9.17) is 10.7 Å². The van der Waals surface area contributed by atoms with Crippen LogP contribution in [0.1, 0.15) is 13.8 Å². The molecule has 0 aromatic heterocycles. The summed E-state index contributed by atoms with van der Waals surface area (Å²) >= 11 is 1.75. The molecule has 1 heterocycles. The van der Waals surface area contributed by atoms with Crippen molar-refractivity contribution in [1.82, 2.24) is 9.56 Å². The van der Waals surface area contributed by atoms with Gasteiger partial charge in [-0.15, -0.1) is 11.3 Å². The third kappa shape index (κ3) is 2.97. The van der Waals surface area contributed by atoms with E-state index in [1.54, 1.807) is 11.3 Å². The predicted molar refractivity (Wildman–Crippen MR) is 112 cm³/mol. The highest BCUT2D eigenvalue weighted by molar-refractivity contribution is 7.21. The normalized spacial score (nSPS) is 11.2. The Labute approximate surface area is 157 Å². The second-order valence-corrected chi connectivity index (χ2v) is 7.40. The monoisotopic (exact) mass is 360 g/mol. The maximum atomic E-state index is 6.35. The van der Waals surface area contributed by atoms with E-state index in [2.05, 4.69) is 60.9 Å². The zero-order chi connectivity index (χ0) is 18.1. The highest BCUT2D eigenvalue weighted by Crippen LogP contribution is 2.35. The number of hydrogen-bond donors (Lipinski definition) is 1. The number of anilines is 1. The Balaban J connectivity index is 1.94. The number of hydrogen-bond acceptors (Lipinski definition) is 3. The summed E-state index contributed by atoms with van der Waals surface area (Å²) in [5.74, 6) is 0. The lowest BCUT2D eigenvalue weighted by Crippen LogP contribution is -2.29. The van der Waals surface area contributed by atoms with Gasteiger partial charge in [-0.25, -0.2) is 9.56 Å². The van der Waals surface area contributed by atoms with Gasteiger partial charge in [-0.2, -0.15) is 0 Å². The average Bonchev–Trinajstić information content (AvgIpc) is 2.67. The number of aromatic nitrogens is 1. The van der Waals surface area contributed by atoms with Crippen LogP contribution in [0.25, 0.3) is 31.9 Å². The van der Waals surface area contributed by atoms with Crippen LogP contribution < -0.4 is 15.7 Å². The lowest BCUT2D eigenvalue weighted by atomic mass is 10.0. The molecule has 4 rings (SSSR count). The van der Waals surface area contributed by atoms with Gasteiger partial charge in [-0.05, 0) is 37.6 Å². The molecule has 2 aromatic rings. The van der Waals surface area contributed by atoms with Crippen molar-refractivity contribution in [2.24, 2.45) is 0 Å². The quantitative estimate of drug-likeness (QED) is 0.333. The van der Waals surface area contributed by atoms with Crippen LogP contribution in [0.5, 0.6) is 0 Å². The lowest BCUT2D eigenvalue weighted by Gasteiger charge is -2.10. The fourth-order valence-corrected chi connectivity index (χ4v) is 4.36. The molecular weight excluding hydrogens is 338 g/mol. The van der Waals surface area contributed by atoms with Crippen LogP contribution >= 0.6 is 11.3 Å². The van der Waals surface area contributed by atoms with Crippen molar-refractivity contribution in [3.63, 3.8) is 0 Å². The zero-order valence-corrected chi connectivity index (χ0v) is 15.9. The van der Waals surface area contributed by atoms with E-state index in [9.17, 15) is 0 Å². The summed E-state index contributed by atoms with van der Waals surface area (Å²) in [5.41, 5.74) is 11.3. The maximum absolute atomic E-state index is 6.35. The summed E-state index contributed by atoms with van der Waals surface area (Å²) < 4.78 is 3.47. The van der Waals surface area contributed by atoms with Crippen molar-refractivity contribution in [3.05, 3.63) is 66.0 Å². The van der Waals surface area contributed by atoms with Crippen molar-refractivity contribution < 1.29 is 0 Å². The van der Waals surface area contributed by atoms with Crippen molar-refractivity contribution in [3.8, 4) is 21.7 Å². The van der Waals surface area contributed by atoms with Crippen LogP contribution in [0.2, 0.25) is 0 Å². The molecule has 0 radical (unpaired) electrons. The molecule has 0 saturated heterocycles. The third-order valence-electron chi connectivity index (χ3n) is 4.75. The van der Waals surface area contributed by atoms with E-state index in [-0.39, 0.29) is 0 Å². The molecule has 4 heteroatoms. The predicted octanol–water partition coefficient (Wildman–Crippen LogP) is 4.46. The summed E-state index contributed by atoms with van der Waals surface area (Å²) in [7, 11) is 0. The molecule has 0 atom stereocenters. The van der Waals surface area contributed by atoms with Gasteiger partial charge >= 0.3 is 0 Å². The molecule has 0 unspecified atom stereocenters. The van der Waals surface area contributed by atoms with E-state index in [0.717, 1.165) is 45.8 Å². The van der Waals surface area contributed by atoms with Gasteiger partial charge in [-0.3, -0.25) is 0 Å². The Hall–Kier alpha value is -2.72. The van der Waals surface area contributed by atoms with Gasteiger partial charge in [-0.1, -0.05) is 30.3 Å². The summed E-state index contributed by atoms with van der Waals surface area (Å²) in [6, 6.07) is 20.9. The molecule has 2 aliphatic rings. The Kier molecular flexibility index (Phi) is 4.43. The Morgan fingerprint density at radius 2 is 1.73 bits per heavy atom. The molecule has 0 bridgehead atoms. The second kappa shape index (κ2) is 6.89. The highest BCUT2D eigenvalue weighted by Gasteiger charge is 2.12. The number of rotatable bonds is 3. The molecule has 3 nitrogen and oxygen atoms in total. The van der Waals surface area contributed by atoms with E-state index in [1.807, 2.05) is 18.2 Å². The summed E-state index contributed by atoms with van der Waals surface area (Å²) in [6.45, 7) is 6.37. The van der Waals surface area contributed by atoms with Crippen LogP contribution in [-0.4, -0.2) is 18.1 Å². The first kappa shape index (κ1) is 16.7. The molecule has 0 amide bonds. The molecule has 1 aliphatic heterocycles. The van der Waals surface area contributed by atoms with Gasteiger partial charge in [0.1, 0.15) is 13.1 Å². The first-order chi connectivity index (χ1) is 12.7. The first-order valence-corrected chi connectivity index (χ1v) is 9.78. The van der Waals surface area contributed by atoms with Crippen LogP contribution in [0.4, 0.5) is 5.69 Å². The fourth-order valence-electron chi connectivity index (χ4n) is 3.33. The molecular formula is C22H22N3S+. The Bertz CT molecular complexity index is 1110. The van der Waals surface area contributed by atoms with E-state index < -0.39 is 0 Å². The fraction of sp³-hybridized carbons (Fsp3) is 0.182. The molecule has 26 heavy (non-hydrogen) atoms. The maximum Gasteiger partial charge on any atom is 0.201 e. The number of nitrogens with zero attached hydrogens (tertiary/aromatic N) is 2. The summed E-state index contributed by atoms with van der Waals surface area (Å²) in [5, 5.41) is 1.24. The molecule has 0 spiro atoms. The van der Waals surface area contributed by atoms with Gasteiger partial charge in [0, 0.05) is 23.4 Å². The van der Waals surface area contributed by atoms with E-state index in [1.165, 1.54) is 10.2 Å². The Morgan fingerprint density at radius 1 is 0.962 bits per heavy atom. The first-order valence-electron chi connectivity index (χ1n) is 8.97. The van der Waals surface area contributed by atoms with Crippen LogP contribution in [0.15, 0.2) is 60.7 Å². The minimum Gasteiger partial charge on any atom is -0.398 e. The minimum absolute atomic E-state index is 0.793. The number of nitrogen functional groups attached to an aromatic ring is 1. The molecule has 2 N–H and O–H groups in total. The standard InChI is InChI=1S/C22H21N3S/c1-3-25(4-2)16-10-11-19-21(12-16)26-22-14-18(23)17(13-20(22)24-19)15-8-6-5-7-9-15/h5-14,23H,3-4H2,1-2H3/p+1. The largest absolute Gasteiger partial charge is 0.398 e. The van der Waals surface area contributed by atoms with Crippen molar-refractivity contribution in [2.45, 2.75) is 13.8 Å². The minimum atomic E-state index is 0.793. The summed E-state index contributed by atoms with van der Waals surface area (Å²) in [6.07, 6.45) is 0. The number of fused-ring (bicyclic) bond motifs is 2. The third-order valence-corrected chi connectivity index (χ3v) is 5.84. The average molecular weight is 361 g/mol. The van der Waals surface area contributed by atoms with Crippen molar-refractivity contribution >= 4 is 27.2 Å². The molecule has 0 fully saturated rings. The lowest BCUT2D eigenvalue weighted by molar-refractivity contribution is 0.626. The number of nitrogens with two attached hydrogens (primary N) is 1. The van der Waals surface area contributed by atoms with E-state index in [0.29, 0.717) is 0 Å². The molecule has 0 saturated carbocycles. The van der Waals surface area contributed by atoms with Crippen LogP contribution in [-0.2, 0) is 0 Å². The van der Waals surface area contributed by atoms with Crippen molar-refractivity contribution in [1.29, 1.82) is 0 Å². The SMILES string of the molecule is CC[N+](CC)=c1ccc2nc3cc(-c4ccccc4)c(N)cc3sc-2c1.